The zero-order valence-corrected chi connectivity index (χ0v) is 18.6. The number of rotatable bonds is 3. The van der Waals surface area contributed by atoms with Gasteiger partial charge >= 0.3 is 0 Å². The third-order valence-corrected chi connectivity index (χ3v) is 6.48. The summed E-state index contributed by atoms with van der Waals surface area (Å²) in [6.07, 6.45) is 4.94. The normalized spacial score (nSPS) is 16.8. The van der Waals surface area contributed by atoms with Crippen LogP contribution in [0.2, 0.25) is 0 Å². The summed E-state index contributed by atoms with van der Waals surface area (Å²) in [7, 11) is 0. The van der Waals surface area contributed by atoms with Gasteiger partial charge in [-0.1, -0.05) is 15.9 Å². The van der Waals surface area contributed by atoms with Crippen molar-refractivity contribution in [2.24, 2.45) is 0 Å². The molecule has 1 aliphatic rings. The van der Waals surface area contributed by atoms with Gasteiger partial charge in [-0.25, -0.2) is 9.97 Å². The van der Waals surface area contributed by atoms with Crippen LogP contribution < -0.4 is 5.32 Å². The van der Waals surface area contributed by atoms with Gasteiger partial charge in [0, 0.05) is 40.0 Å². The lowest BCUT2D eigenvalue weighted by Crippen LogP contribution is -2.42. The highest BCUT2D eigenvalue weighted by atomic mass is 79.9. The van der Waals surface area contributed by atoms with Gasteiger partial charge in [0.2, 0.25) is 0 Å². The van der Waals surface area contributed by atoms with Crippen molar-refractivity contribution in [3.63, 3.8) is 0 Å². The van der Waals surface area contributed by atoms with E-state index in [1.165, 1.54) is 6.42 Å². The molecule has 0 bridgehead atoms. The molecule has 1 aliphatic heterocycles. The number of fused-ring (bicyclic) bond motifs is 1. The first-order valence-corrected chi connectivity index (χ1v) is 10.8. The minimum Gasteiger partial charge on any atom is -0.354 e. The zero-order chi connectivity index (χ0) is 20.5. The molecule has 3 aromatic rings. The van der Waals surface area contributed by atoms with Gasteiger partial charge in [0.15, 0.2) is 5.65 Å². The topological polar surface area (TPSA) is 58.1 Å². The number of anilines is 2. The van der Waals surface area contributed by atoms with Crippen LogP contribution >= 0.6 is 15.9 Å². The second-order valence-electron chi connectivity index (χ2n) is 7.80. The summed E-state index contributed by atoms with van der Waals surface area (Å²) in [5.41, 5.74) is 4.97. The predicted octanol–water partition coefficient (Wildman–Crippen LogP) is 5.77. The van der Waals surface area contributed by atoms with Crippen LogP contribution in [0.25, 0.3) is 11.0 Å². The third-order valence-electron chi connectivity index (χ3n) is 5.59. The van der Waals surface area contributed by atoms with Crippen LogP contribution in [0.1, 0.15) is 47.8 Å². The van der Waals surface area contributed by atoms with Crippen molar-refractivity contribution >= 4 is 44.2 Å². The molecule has 0 radical (unpaired) electrons. The Morgan fingerprint density at radius 3 is 2.79 bits per heavy atom. The molecule has 2 aromatic heterocycles. The number of likely N-dealkylation sites (tertiary alicyclic amines) is 1. The minimum absolute atomic E-state index is 0.0310. The largest absolute Gasteiger partial charge is 0.354 e. The second-order valence-corrected chi connectivity index (χ2v) is 8.66. The third kappa shape index (κ3) is 3.99. The maximum Gasteiger partial charge on any atom is 0.257 e. The number of nitrogens with one attached hydrogen (secondary N) is 1. The molecule has 1 N–H and O–H groups in total. The number of pyridine rings is 2. The molecule has 6 heteroatoms. The first kappa shape index (κ1) is 19.8. The Balaban J connectivity index is 1.82. The molecule has 1 amide bonds. The Labute approximate surface area is 179 Å². The Morgan fingerprint density at radius 1 is 1.21 bits per heavy atom. The molecule has 3 heterocycles. The van der Waals surface area contributed by atoms with E-state index in [1.807, 2.05) is 43.0 Å². The number of piperidine rings is 1. The van der Waals surface area contributed by atoms with Gasteiger partial charge in [-0.2, -0.15) is 0 Å². The standard InChI is InChI=1S/C23H25BrN4O/c1-14-12-17(8-10-20(14)24)27-21-18-9-7-15(2)26-22(18)25-13-19(21)23(29)28-11-5-4-6-16(28)3/h7-10,12-13,16H,4-6,11H2,1-3H3,(H,25,26,27)/t16-/m1/s1. The van der Waals surface area contributed by atoms with Crippen LogP contribution in [0.4, 0.5) is 11.4 Å². The highest BCUT2D eigenvalue weighted by molar-refractivity contribution is 9.10. The van der Waals surface area contributed by atoms with Gasteiger partial charge in [0.1, 0.15) is 0 Å². The Morgan fingerprint density at radius 2 is 2.03 bits per heavy atom. The molecule has 1 fully saturated rings. The molecular formula is C23H25BrN4O. The summed E-state index contributed by atoms with van der Waals surface area (Å²) in [4.78, 5) is 24.5. The molecule has 0 spiro atoms. The molecule has 150 valence electrons. The van der Waals surface area contributed by atoms with Crippen molar-refractivity contribution in [2.45, 2.75) is 46.1 Å². The number of nitrogens with zero attached hydrogens (tertiary/aromatic N) is 3. The lowest BCUT2D eigenvalue weighted by atomic mass is 10.0. The second kappa shape index (κ2) is 8.11. The van der Waals surface area contributed by atoms with Gasteiger partial charge in [-0.05, 0) is 75.9 Å². The smallest absolute Gasteiger partial charge is 0.257 e. The first-order valence-electron chi connectivity index (χ1n) is 10.0. The highest BCUT2D eigenvalue weighted by Gasteiger charge is 2.27. The average Bonchev–Trinajstić information content (AvgIpc) is 2.70. The van der Waals surface area contributed by atoms with Crippen LogP contribution in [0.3, 0.4) is 0 Å². The fourth-order valence-electron chi connectivity index (χ4n) is 3.89. The van der Waals surface area contributed by atoms with Crippen molar-refractivity contribution in [1.29, 1.82) is 0 Å². The van der Waals surface area contributed by atoms with Gasteiger partial charge < -0.3 is 10.2 Å². The number of hydrogen-bond donors (Lipinski definition) is 1. The molecular weight excluding hydrogens is 428 g/mol. The van der Waals surface area contributed by atoms with Crippen LogP contribution in [-0.4, -0.2) is 33.4 Å². The summed E-state index contributed by atoms with van der Waals surface area (Å²) in [6, 6.07) is 10.3. The Hall–Kier alpha value is -2.47. The molecule has 0 aliphatic carbocycles. The van der Waals surface area contributed by atoms with E-state index >= 15 is 0 Å². The monoisotopic (exact) mass is 452 g/mol. The van der Waals surface area contributed by atoms with Crippen LogP contribution in [0.5, 0.6) is 0 Å². The Kier molecular flexibility index (Phi) is 5.54. The number of aromatic nitrogens is 2. The van der Waals surface area contributed by atoms with E-state index < -0.39 is 0 Å². The number of benzene rings is 1. The minimum atomic E-state index is 0.0310. The average molecular weight is 453 g/mol. The number of aryl methyl sites for hydroxylation is 2. The van der Waals surface area contributed by atoms with E-state index in [9.17, 15) is 4.79 Å². The van der Waals surface area contributed by atoms with E-state index in [0.717, 1.165) is 51.9 Å². The number of hydrogen-bond acceptors (Lipinski definition) is 4. The number of carbonyl (C=O) groups excluding carboxylic acids is 1. The molecule has 1 aromatic carbocycles. The summed E-state index contributed by atoms with van der Waals surface area (Å²) < 4.78 is 1.05. The van der Waals surface area contributed by atoms with Crippen molar-refractivity contribution in [2.75, 3.05) is 11.9 Å². The van der Waals surface area contributed by atoms with Crippen LogP contribution in [0.15, 0.2) is 41.0 Å². The van der Waals surface area contributed by atoms with E-state index in [2.05, 4.69) is 44.2 Å². The van der Waals surface area contributed by atoms with Crippen LogP contribution in [-0.2, 0) is 0 Å². The van der Waals surface area contributed by atoms with E-state index in [1.54, 1.807) is 6.20 Å². The SMILES string of the molecule is Cc1ccc2c(Nc3ccc(Br)c(C)c3)c(C(=O)N3CCCC[C@H]3C)cnc2n1. The molecule has 0 unspecified atom stereocenters. The maximum atomic E-state index is 13.5. The van der Waals surface area contributed by atoms with E-state index in [0.29, 0.717) is 11.2 Å². The van der Waals surface area contributed by atoms with Gasteiger partial charge in [0.25, 0.3) is 5.91 Å². The van der Waals surface area contributed by atoms with Crippen molar-refractivity contribution in [1.82, 2.24) is 14.9 Å². The quantitative estimate of drug-likeness (QED) is 0.547. The molecule has 1 atom stereocenters. The van der Waals surface area contributed by atoms with Gasteiger partial charge in [0.05, 0.1) is 11.3 Å². The lowest BCUT2D eigenvalue weighted by molar-refractivity contribution is 0.0636. The predicted molar refractivity (Wildman–Crippen MR) is 121 cm³/mol. The summed E-state index contributed by atoms with van der Waals surface area (Å²) in [6.45, 7) is 6.91. The summed E-state index contributed by atoms with van der Waals surface area (Å²) in [5, 5.41) is 4.34. The summed E-state index contributed by atoms with van der Waals surface area (Å²) >= 11 is 3.55. The number of carbonyl (C=O) groups is 1. The zero-order valence-electron chi connectivity index (χ0n) is 17.0. The van der Waals surface area contributed by atoms with E-state index in [4.69, 9.17) is 0 Å². The maximum absolute atomic E-state index is 13.5. The lowest BCUT2D eigenvalue weighted by Gasteiger charge is -2.34. The molecule has 4 rings (SSSR count). The van der Waals surface area contributed by atoms with Gasteiger partial charge in [-0.15, -0.1) is 0 Å². The first-order chi connectivity index (χ1) is 13.9. The molecule has 29 heavy (non-hydrogen) atoms. The molecule has 0 saturated carbocycles. The van der Waals surface area contributed by atoms with Crippen molar-refractivity contribution < 1.29 is 4.79 Å². The molecule has 1 saturated heterocycles. The van der Waals surface area contributed by atoms with Crippen molar-refractivity contribution in [3.05, 3.63) is 57.8 Å². The highest BCUT2D eigenvalue weighted by Crippen LogP contribution is 2.32. The number of amides is 1. The van der Waals surface area contributed by atoms with Gasteiger partial charge in [-0.3, -0.25) is 4.79 Å². The fraction of sp³-hybridized carbons (Fsp3) is 0.348. The van der Waals surface area contributed by atoms with Crippen LogP contribution in [0, 0.1) is 13.8 Å². The summed E-state index contributed by atoms with van der Waals surface area (Å²) in [5.74, 6) is 0.0310. The van der Waals surface area contributed by atoms with Crippen molar-refractivity contribution in [3.8, 4) is 0 Å². The van der Waals surface area contributed by atoms with E-state index in [-0.39, 0.29) is 11.9 Å². The molecule has 5 nitrogen and oxygen atoms in total. The number of halogens is 1. The fourth-order valence-corrected chi connectivity index (χ4v) is 4.14. The Bertz CT molecular complexity index is 1080.